The third-order valence-electron chi connectivity index (χ3n) is 1.49. The highest BCUT2D eigenvalue weighted by molar-refractivity contribution is 5.81. The van der Waals surface area contributed by atoms with Crippen molar-refractivity contribution in [1.29, 1.82) is 0 Å². The lowest BCUT2D eigenvalue weighted by molar-refractivity contribution is -0.0498. The molecule has 0 atom stereocenters. The number of primary amides is 1. The minimum atomic E-state index is -2.85. The number of halogens is 2. The first kappa shape index (κ1) is 11.9. The van der Waals surface area contributed by atoms with Gasteiger partial charge < -0.3 is 10.5 Å². The van der Waals surface area contributed by atoms with Crippen LogP contribution in [-0.2, 0) is 0 Å². The number of hydrazone groups is 1. The molecule has 5 nitrogen and oxygen atoms in total. The summed E-state index contributed by atoms with van der Waals surface area (Å²) in [5, 5.41) is 3.49. The van der Waals surface area contributed by atoms with Gasteiger partial charge in [0.05, 0.1) is 6.21 Å². The van der Waals surface area contributed by atoms with Gasteiger partial charge in [0.15, 0.2) is 0 Å². The molecule has 1 aromatic carbocycles. The fourth-order valence-corrected chi connectivity index (χ4v) is 0.906. The highest BCUT2D eigenvalue weighted by Crippen LogP contribution is 2.13. The first-order chi connectivity index (χ1) is 7.58. The zero-order valence-electron chi connectivity index (χ0n) is 8.06. The van der Waals surface area contributed by atoms with Crippen LogP contribution in [0.2, 0.25) is 0 Å². The molecule has 0 aliphatic rings. The maximum absolute atomic E-state index is 11.8. The second kappa shape index (κ2) is 5.64. The van der Waals surface area contributed by atoms with Gasteiger partial charge in [-0.15, -0.1) is 0 Å². The lowest BCUT2D eigenvalue weighted by Gasteiger charge is -2.03. The number of hydrogen-bond donors (Lipinski definition) is 2. The molecule has 16 heavy (non-hydrogen) atoms. The van der Waals surface area contributed by atoms with Crippen LogP contribution in [0.25, 0.3) is 0 Å². The first-order valence-corrected chi connectivity index (χ1v) is 4.21. The Balaban J connectivity index is 2.57. The van der Waals surface area contributed by atoms with Crippen molar-refractivity contribution in [2.24, 2.45) is 10.8 Å². The van der Waals surface area contributed by atoms with Crippen molar-refractivity contribution in [3.63, 3.8) is 0 Å². The van der Waals surface area contributed by atoms with Gasteiger partial charge in [-0.1, -0.05) is 0 Å². The van der Waals surface area contributed by atoms with Crippen molar-refractivity contribution in [3.05, 3.63) is 29.8 Å². The van der Waals surface area contributed by atoms with Gasteiger partial charge in [0, 0.05) is 0 Å². The molecule has 0 radical (unpaired) electrons. The summed E-state index contributed by atoms with van der Waals surface area (Å²) in [6.45, 7) is -2.85. The summed E-state index contributed by atoms with van der Waals surface area (Å²) in [5.74, 6) is 0.0509. The number of urea groups is 1. The zero-order valence-corrected chi connectivity index (χ0v) is 8.06. The number of alkyl halides is 2. The summed E-state index contributed by atoms with van der Waals surface area (Å²) < 4.78 is 27.7. The highest BCUT2D eigenvalue weighted by atomic mass is 19.3. The molecule has 86 valence electrons. The summed E-state index contributed by atoms with van der Waals surface area (Å²) in [7, 11) is 0. The van der Waals surface area contributed by atoms with E-state index >= 15 is 0 Å². The van der Waals surface area contributed by atoms with Crippen LogP contribution in [0.15, 0.2) is 29.4 Å². The van der Waals surface area contributed by atoms with Gasteiger partial charge in [0.2, 0.25) is 0 Å². The molecule has 2 amide bonds. The molecule has 0 fully saturated rings. The van der Waals surface area contributed by atoms with Gasteiger partial charge in [-0.25, -0.2) is 10.2 Å². The molecule has 0 spiro atoms. The number of ether oxygens (including phenoxy) is 1. The molecule has 0 unspecified atom stereocenters. The van der Waals surface area contributed by atoms with Crippen LogP contribution in [0, 0.1) is 0 Å². The Morgan fingerprint density at radius 2 is 2.06 bits per heavy atom. The lowest BCUT2D eigenvalue weighted by atomic mass is 10.2. The number of carbonyl (C=O) groups is 1. The number of carbonyl (C=O) groups excluding carboxylic acids is 1. The molecule has 1 rings (SSSR count). The van der Waals surface area contributed by atoms with E-state index in [-0.39, 0.29) is 5.75 Å². The second-order valence-electron chi connectivity index (χ2n) is 2.68. The summed E-state index contributed by atoms with van der Waals surface area (Å²) in [6.07, 6.45) is 1.32. The topological polar surface area (TPSA) is 76.7 Å². The third-order valence-corrected chi connectivity index (χ3v) is 1.49. The summed E-state index contributed by atoms with van der Waals surface area (Å²) >= 11 is 0. The summed E-state index contributed by atoms with van der Waals surface area (Å²) in [4.78, 5) is 10.3. The quantitative estimate of drug-likeness (QED) is 0.602. The average molecular weight is 229 g/mol. The van der Waals surface area contributed by atoms with E-state index in [1.165, 1.54) is 30.5 Å². The van der Waals surface area contributed by atoms with Crippen LogP contribution >= 0.6 is 0 Å². The van der Waals surface area contributed by atoms with Crippen LogP contribution in [0.5, 0.6) is 5.75 Å². The Morgan fingerprint density at radius 3 is 2.56 bits per heavy atom. The number of amides is 2. The Hall–Kier alpha value is -2.18. The standard InChI is InChI=1S/C9H9F2N3O2/c10-8(11)16-7-3-1-6(2-4-7)5-13-14-9(12)15/h1-5,8H,(H3,12,14,15)/b13-5+. The van der Waals surface area contributed by atoms with Crippen molar-refractivity contribution in [1.82, 2.24) is 5.43 Å². The Bertz CT molecular complexity index is 379. The Morgan fingerprint density at radius 1 is 1.44 bits per heavy atom. The number of nitrogens with zero attached hydrogens (tertiary/aromatic N) is 1. The Labute approximate surface area is 89.9 Å². The molecule has 1 aromatic rings. The van der Waals surface area contributed by atoms with Crippen LogP contribution in [-0.4, -0.2) is 18.9 Å². The molecule has 3 N–H and O–H groups in total. The van der Waals surface area contributed by atoms with Crippen molar-refractivity contribution < 1.29 is 18.3 Å². The van der Waals surface area contributed by atoms with E-state index in [2.05, 4.69) is 9.84 Å². The molecule has 0 aliphatic carbocycles. The van der Waals surface area contributed by atoms with E-state index in [0.717, 1.165) is 0 Å². The van der Waals surface area contributed by atoms with E-state index in [1.54, 1.807) is 0 Å². The molecule has 0 aliphatic heterocycles. The van der Waals surface area contributed by atoms with E-state index in [0.29, 0.717) is 5.56 Å². The van der Waals surface area contributed by atoms with E-state index in [4.69, 9.17) is 5.73 Å². The monoisotopic (exact) mass is 229 g/mol. The molecule has 7 heteroatoms. The van der Waals surface area contributed by atoms with Gasteiger partial charge in [0.25, 0.3) is 0 Å². The van der Waals surface area contributed by atoms with E-state index in [9.17, 15) is 13.6 Å². The van der Waals surface area contributed by atoms with Gasteiger partial charge in [-0.2, -0.15) is 13.9 Å². The van der Waals surface area contributed by atoms with Crippen molar-refractivity contribution >= 4 is 12.2 Å². The normalized spacial score (nSPS) is 10.7. The number of rotatable bonds is 4. The molecule has 0 bridgehead atoms. The van der Waals surface area contributed by atoms with Crippen molar-refractivity contribution in [2.45, 2.75) is 6.61 Å². The second-order valence-corrected chi connectivity index (χ2v) is 2.68. The predicted molar refractivity (Wildman–Crippen MR) is 53.4 cm³/mol. The highest BCUT2D eigenvalue weighted by Gasteiger charge is 2.02. The van der Waals surface area contributed by atoms with Crippen LogP contribution in [0.3, 0.4) is 0 Å². The number of nitrogens with two attached hydrogens (primary N) is 1. The minimum absolute atomic E-state index is 0.0509. The van der Waals surface area contributed by atoms with Crippen molar-refractivity contribution in [3.8, 4) is 5.75 Å². The number of benzene rings is 1. The van der Waals surface area contributed by atoms with E-state index in [1.807, 2.05) is 5.43 Å². The van der Waals surface area contributed by atoms with Gasteiger partial charge in [-0.05, 0) is 29.8 Å². The van der Waals surface area contributed by atoms with E-state index < -0.39 is 12.6 Å². The summed E-state index contributed by atoms with van der Waals surface area (Å²) in [5.41, 5.74) is 7.37. The van der Waals surface area contributed by atoms with Crippen molar-refractivity contribution in [2.75, 3.05) is 0 Å². The predicted octanol–water partition coefficient (Wildman–Crippen LogP) is 1.29. The largest absolute Gasteiger partial charge is 0.435 e. The first-order valence-electron chi connectivity index (χ1n) is 4.21. The maximum Gasteiger partial charge on any atom is 0.387 e. The lowest BCUT2D eigenvalue weighted by Crippen LogP contribution is -2.24. The summed E-state index contributed by atoms with van der Waals surface area (Å²) in [6, 6.07) is 4.94. The van der Waals surface area contributed by atoms with Gasteiger partial charge in [0.1, 0.15) is 5.75 Å². The SMILES string of the molecule is NC(=O)N/N=C/c1ccc(OC(F)F)cc1. The minimum Gasteiger partial charge on any atom is -0.435 e. The fraction of sp³-hybridized carbons (Fsp3) is 0.111. The molecule has 0 saturated carbocycles. The fourth-order valence-electron chi connectivity index (χ4n) is 0.906. The zero-order chi connectivity index (χ0) is 12.0. The van der Waals surface area contributed by atoms with Gasteiger partial charge in [-0.3, -0.25) is 0 Å². The van der Waals surface area contributed by atoms with Gasteiger partial charge >= 0.3 is 12.6 Å². The molecule has 0 aromatic heterocycles. The third kappa shape index (κ3) is 4.36. The maximum atomic E-state index is 11.8. The Kier molecular flexibility index (Phi) is 4.19. The smallest absolute Gasteiger partial charge is 0.387 e. The molecule has 0 saturated heterocycles. The molecule has 0 heterocycles. The number of nitrogens with one attached hydrogen (secondary N) is 1. The number of hydrogen-bond acceptors (Lipinski definition) is 3. The molecular weight excluding hydrogens is 220 g/mol. The van der Waals surface area contributed by atoms with Crippen LogP contribution in [0.1, 0.15) is 5.56 Å². The average Bonchev–Trinajstić information content (AvgIpc) is 2.19. The molecular formula is C9H9F2N3O2. The van der Waals surface area contributed by atoms with Crippen LogP contribution < -0.4 is 15.9 Å². The van der Waals surface area contributed by atoms with Crippen LogP contribution in [0.4, 0.5) is 13.6 Å².